The largest absolute Gasteiger partial charge is 0.469 e. The van der Waals surface area contributed by atoms with Gasteiger partial charge in [0.15, 0.2) is 5.78 Å². The molecule has 0 aliphatic rings. The van der Waals surface area contributed by atoms with Crippen molar-refractivity contribution >= 4 is 17.7 Å². The molecule has 84 valence electrons. The Kier molecular flexibility index (Phi) is 6.01. The first-order valence-corrected chi connectivity index (χ1v) is 4.35. The maximum absolute atomic E-state index is 11.5. The van der Waals surface area contributed by atoms with E-state index in [1.54, 1.807) is 0 Å². The Labute approximate surface area is 88.0 Å². The first-order valence-electron chi connectivity index (χ1n) is 4.35. The van der Waals surface area contributed by atoms with Crippen LogP contribution < -0.4 is 0 Å². The van der Waals surface area contributed by atoms with Crippen LogP contribution in [0, 0.1) is 5.92 Å². The van der Waals surface area contributed by atoms with E-state index in [1.165, 1.54) is 20.3 Å². The normalized spacial score (nSPS) is 11.3. The zero-order valence-electron chi connectivity index (χ0n) is 8.82. The van der Waals surface area contributed by atoms with E-state index >= 15 is 0 Å². The van der Waals surface area contributed by atoms with Gasteiger partial charge in [-0.15, -0.1) is 6.58 Å². The van der Waals surface area contributed by atoms with Gasteiger partial charge in [-0.1, -0.05) is 6.08 Å². The summed E-state index contributed by atoms with van der Waals surface area (Å²) >= 11 is 0. The number of Topliss-reactive ketones (excluding diaryl/α,β-unsaturated/α-hetero) is 1. The number of ether oxygens (including phenoxy) is 2. The molecule has 0 N–H and O–H groups in total. The van der Waals surface area contributed by atoms with Crippen LogP contribution in [0.4, 0.5) is 0 Å². The Morgan fingerprint density at radius 3 is 2.27 bits per heavy atom. The summed E-state index contributed by atoms with van der Waals surface area (Å²) < 4.78 is 8.77. The van der Waals surface area contributed by atoms with Gasteiger partial charge in [0.2, 0.25) is 0 Å². The maximum Gasteiger partial charge on any atom is 0.316 e. The number of carbonyl (C=O) groups is 3. The molecule has 0 bridgehead atoms. The smallest absolute Gasteiger partial charge is 0.316 e. The fraction of sp³-hybridized carbons (Fsp3) is 0.500. The van der Waals surface area contributed by atoms with E-state index in [4.69, 9.17) is 0 Å². The van der Waals surface area contributed by atoms with Crippen LogP contribution in [0.2, 0.25) is 0 Å². The van der Waals surface area contributed by atoms with Crippen molar-refractivity contribution in [3.8, 4) is 0 Å². The van der Waals surface area contributed by atoms with Gasteiger partial charge in [-0.2, -0.15) is 0 Å². The Balaban J connectivity index is 4.48. The molecule has 1 atom stereocenters. The van der Waals surface area contributed by atoms with Crippen LogP contribution in [0.25, 0.3) is 0 Å². The van der Waals surface area contributed by atoms with E-state index in [2.05, 4.69) is 16.1 Å². The molecule has 15 heavy (non-hydrogen) atoms. The number of hydrogen-bond acceptors (Lipinski definition) is 5. The molecule has 0 saturated carbocycles. The van der Waals surface area contributed by atoms with Gasteiger partial charge in [0.1, 0.15) is 12.3 Å². The minimum absolute atomic E-state index is 0.155. The average Bonchev–Trinajstić information content (AvgIpc) is 2.24. The lowest BCUT2D eigenvalue weighted by Crippen LogP contribution is -2.27. The van der Waals surface area contributed by atoms with Crippen LogP contribution in [0.3, 0.4) is 0 Å². The van der Waals surface area contributed by atoms with Gasteiger partial charge in [-0.05, 0) is 6.42 Å². The van der Waals surface area contributed by atoms with E-state index < -0.39 is 30.1 Å². The Hall–Kier alpha value is -1.65. The Bertz CT molecular complexity index is 269. The molecule has 0 aromatic carbocycles. The number of esters is 2. The van der Waals surface area contributed by atoms with Crippen molar-refractivity contribution in [2.75, 3.05) is 14.2 Å². The van der Waals surface area contributed by atoms with Crippen LogP contribution in [0.1, 0.15) is 12.8 Å². The number of hydrogen-bond donors (Lipinski definition) is 0. The van der Waals surface area contributed by atoms with Crippen LogP contribution >= 0.6 is 0 Å². The van der Waals surface area contributed by atoms with Crippen LogP contribution in [0.5, 0.6) is 0 Å². The average molecular weight is 214 g/mol. The van der Waals surface area contributed by atoms with E-state index in [1.807, 2.05) is 0 Å². The van der Waals surface area contributed by atoms with Crippen molar-refractivity contribution in [1.29, 1.82) is 0 Å². The molecular formula is C10H14O5. The molecule has 0 radical (unpaired) electrons. The molecule has 0 spiro atoms. The van der Waals surface area contributed by atoms with Gasteiger partial charge in [-0.3, -0.25) is 14.4 Å². The zero-order chi connectivity index (χ0) is 11.8. The molecule has 0 aromatic rings. The maximum atomic E-state index is 11.5. The molecule has 0 rings (SSSR count). The fourth-order valence-corrected chi connectivity index (χ4v) is 1.01. The highest BCUT2D eigenvalue weighted by molar-refractivity contribution is 6.06. The van der Waals surface area contributed by atoms with Crippen molar-refractivity contribution in [2.24, 2.45) is 5.92 Å². The van der Waals surface area contributed by atoms with Crippen LogP contribution in [0.15, 0.2) is 12.7 Å². The van der Waals surface area contributed by atoms with Gasteiger partial charge in [0.05, 0.1) is 14.2 Å². The molecule has 0 fully saturated rings. The highest BCUT2D eigenvalue weighted by Gasteiger charge is 2.27. The molecular weight excluding hydrogens is 200 g/mol. The highest BCUT2D eigenvalue weighted by atomic mass is 16.5. The summed E-state index contributed by atoms with van der Waals surface area (Å²) in [5.41, 5.74) is 0. The van der Waals surface area contributed by atoms with E-state index in [0.29, 0.717) is 0 Å². The topological polar surface area (TPSA) is 69.7 Å². The minimum Gasteiger partial charge on any atom is -0.469 e. The van der Waals surface area contributed by atoms with E-state index in [9.17, 15) is 14.4 Å². The quantitative estimate of drug-likeness (QED) is 0.365. The van der Waals surface area contributed by atoms with Gasteiger partial charge in [0.25, 0.3) is 0 Å². The van der Waals surface area contributed by atoms with Gasteiger partial charge >= 0.3 is 11.9 Å². The molecule has 0 heterocycles. The van der Waals surface area contributed by atoms with Crippen molar-refractivity contribution in [3.63, 3.8) is 0 Å². The first kappa shape index (κ1) is 13.4. The summed E-state index contributed by atoms with van der Waals surface area (Å²) in [6.07, 6.45) is 1.16. The monoisotopic (exact) mass is 214 g/mol. The molecule has 0 aromatic heterocycles. The summed E-state index contributed by atoms with van der Waals surface area (Å²) in [6, 6.07) is 0. The van der Waals surface area contributed by atoms with Gasteiger partial charge < -0.3 is 9.47 Å². The second-order valence-corrected chi connectivity index (χ2v) is 2.82. The minimum atomic E-state index is -0.966. The van der Waals surface area contributed by atoms with E-state index in [0.717, 1.165) is 0 Å². The summed E-state index contributed by atoms with van der Waals surface area (Å²) in [5, 5.41) is 0. The molecule has 0 aliphatic heterocycles. The standard InChI is InChI=1S/C10H14O5/c1-4-5-7(10(13)15-3)8(11)6-9(12)14-2/h4,7H,1,5-6H2,2-3H3. The second kappa shape index (κ2) is 6.75. The first-order chi connectivity index (χ1) is 7.06. The van der Waals surface area contributed by atoms with Gasteiger partial charge in [-0.25, -0.2) is 0 Å². The van der Waals surface area contributed by atoms with Crippen molar-refractivity contribution in [3.05, 3.63) is 12.7 Å². The third kappa shape index (κ3) is 4.39. The van der Waals surface area contributed by atoms with Gasteiger partial charge in [0, 0.05) is 0 Å². The number of rotatable bonds is 6. The summed E-state index contributed by atoms with van der Waals surface area (Å²) in [5.74, 6) is -2.82. The third-order valence-electron chi connectivity index (χ3n) is 1.82. The fourth-order valence-electron chi connectivity index (χ4n) is 1.01. The predicted octanol–water partition coefficient (Wildman–Crippen LogP) is 0.484. The summed E-state index contributed by atoms with van der Waals surface area (Å²) in [4.78, 5) is 33.4. The highest BCUT2D eigenvalue weighted by Crippen LogP contribution is 2.10. The van der Waals surface area contributed by atoms with E-state index in [-0.39, 0.29) is 6.42 Å². The van der Waals surface area contributed by atoms with Crippen LogP contribution in [-0.2, 0) is 23.9 Å². The molecule has 0 aliphatic carbocycles. The molecule has 5 nitrogen and oxygen atoms in total. The number of allylic oxidation sites excluding steroid dienone is 1. The molecule has 0 saturated heterocycles. The zero-order valence-corrected chi connectivity index (χ0v) is 8.82. The SMILES string of the molecule is C=CCC(C(=O)CC(=O)OC)C(=O)OC. The van der Waals surface area contributed by atoms with Crippen LogP contribution in [-0.4, -0.2) is 31.9 Å². The van der Waals surface area contributed by atoms with Crippen molar-refractivity contribution in [1.82, 2.24) is 0 Å². The van der Waals surface area contributed by atoms with Crippen molar-refractivity contribution in [2.45, 2.75) is 12.8 Å². The lowest BCUT2D eigenvalue weighted by molar-refractivity contribution is -0.151. The lowest BCUT2D eigenvalue weighted by Gasteiger charge is -2.10. The number of carbonyl (C=O) groups excluding carboxylic acids is 3. The number of methoxy groups -OCH3 is 2. The molecule has 5 heteroatoms. The third-order valence-corrected chi connectivity index (χ3v) is 1.82. The molecule has 1 unspecified atom stereocenters. The second-order valence-electron chi connectivity index (χ2n) is 2.82. The summed E-state index contributed by atoms with van der Waals surface area (Å²) in [6.45, 7) is 3.42. The summed E-state index contributed by atoms with van der Waals surface area (Å²) in [7, 11) is 2.36. The lowest BCUT2D eigenvalue weighted by atomic mass is 9.98. The predicted molar refractivity (Wildman–Crippen MR) is 52.0 cm³/mol. The Morgan fingerprint density at radius 2 is 1.87 bits per heavy atom. The van der Waals surface area contributed by atoms with Crippen molar-refractivity contribution < 1.29 is 23.9 Å². The molecule has 0 amide bonds. The number of ketones is 1. The Morgan fingerprint density at radius 1 is 1.27 bits per heavy atom.